The predicted octanol–water partition coefficient (Wildman–Crippen LogP) is 0.864. The molecule has 114 valence electrons. The lowest BCUT2D eigenvalue weighted by molar-refractivity contribution is -0.145. The maximum absolute atomic E-state index is 12.4. The maximum atomic E-state index is 12.4. The molecule has 2 saturated heterocycles. The van der Waals surface area contributed by atoms with Crippen LogP contribution in [0.1, 0.15) is 40.0 Å². The molecule has 1 unspecified atom stereocenters. The first-order chi connectivity index (χ1) is 9.29. The molecule has 2 atom stereocenters. The molecule has 0 spiro atoms. The molecule has 0 aromatic carbocycles. The van der Waals surface area contributed by atoms with Crippen LogP contribution >= 0.6 is 0 Å². The normalized spacial score (nSPS) is 27.8. The van der Waals surface area contributed by atoms with Gasteiger partial charge in [-0.05, 0) is 19.3 Å². The van der Waals surface area contributed by atoms with Crippen molar-refractivity contribution in [3.8, 4) is 0 Å². The lowest BCUT2D eigenvalue weighted by Gasteiger charge is -2.37. The summed E-state index contributed by atoms with van der Waals surface area (Å²) >= 11 is 0. The highest BCUT2D eigenvalue weighted by Crippen LogP contribution is 2.25. The van der Waals surface area contributed by atoms with Gasteiger partial charge in [-0.25, -0.2) is 0 Å². The van der Waals surface area contributed by atoms with Crippen LogP contribution in [0, 0.1) is 11.3 Å². The summed E-state index contributed by atoms with van der Waals surface area (Å²) in [4.78, 5) is 28.3. The van der Waals surface area contributed by atoms with E-state index < -0.39 is 5.41 Å². The van der Waals surface area contributed by atoms with Crippen molar-refractivity contribution in [2.45, 2.75) is 46.1 Å². The second-order valence-corrected chi connectivity index (χ2v) is 7.07. The molecule has 20 heavy (non-hydrogen) atoms. The minimum absolute atomic E-state index is 0.0969. The van der Waals surface area contributed by atoms with Crippen LogP contribution in [0.15, 0.2) is 0 Å². The minimum atomic E-state index is -0.394. The van der Waals surface area contributed by atoms with Crippen LogP contribution in [0.25, 0.3) is 0 Å². The summed E-state index contributed by atoms with van der Waals surface area (Å²) in [5, 5.41) is 9.54. The Morgan fingerprint density at radius 2 is 1.75 bits per heavy atom. The van der Waals surface area contributed by atoms with Crippen LogP contribution in [0.2, 0.25) is 0 Å². The number of β-amino-alcohol motifs (C(OH)–C–C–N with tert-alkyl or cyclic N) is 1. The summed E-state index contributed by atoms with van der Waals surface area (Å²) in [6, 6.07) is 0. The number of rotatable bonds is 1. The number of likely N-dealkylation sites (tertiary alicyclic amines) is 2. The molecule has 5 heteroatoms. The number of nitrogens with zero attached hydrogens (tertiary/aromatic N) is 2. The van der Waals surface area contributed by atoms with E-state index >= 15 is 0 Å². The molecule has 0 aromatic rings. The molecular formula is C15H26N2O3. The molecule has 2 aliphatic rings. The van der Waals surface area contributed by atoms with Crippen molar-refractivity contribution >= 4 is 11.8 Å². The molecule has 1 N–H and O–H groups in total. The topological polar surface area (TPSA) is 60.9 Å². The van der Waals surface area contributed by atoms with Crippen LogP contribution in [0.4, 0.5) is 0 Å². The van der Waals surface area contributed by atoms with Gasteiger partial charge in [-0.15, -0.1) is 0 Å². The predicted molar refractivity (Wildman–Crippen MR) is 76.0 cm³/mol. The van der Waals surface area contributed by atoms with E-state index in [0.717, 1.165) is 19.4 Å². The van der Waals surface area contributed by atoms with E-state index in [4.69, 9.17) is 0 Å². The number of piperidine rings is 1. The van der Waals surface area contributed by atoms with Crippen molar-refractivity contribution < 1.29 is 14.7 Å². The monoisotopic (exact) mass is 282 g/mol. The zero-order valence-corrected chi connectivity index (χ0v) is 12.8. The van der Waals surface area contributed by atoms with Gasteiger partial charge >= 0.3 is 0 Å². The van der Waals surface area contributed by atoms with Gasteiger partial charge in [0.25, 0.3) is 0 Å². The average molecular weight is 282 g/mol. The molecular weight excluding hydrogens is 256 g/mol. The first-order valence-corrected chi connectivity index (χ1v) is 7.55. The zero-order chi connectivity index (χ0) is 14.9. The number of amides is 2. The summed E-state index contributed by atoms with van der Waals surface area (Å²) in [6.45, 7) is 8.11. The smallest absolute Gasteiger partial charge is 0.227 e. The van der Waals surface area contributed by atoms with Crippen LogP contribution in [-0.4, -0.2) is 59.0 Å². The fourth-order valence-electron chi connectivity index (χ4n) is 3.04. The Morgan fingerprint density at radius 3 is 2.30 bits per heavy atom. The molecule has 2 aliphatic heterocycles. The molecule has 0 aliphatic carbocycles. The van der Waals surface area contributed by atoms with E-state index in [9.17, 15) is 14.7 Å². The molecule has 2 heterocycles. The number of hydrogen-bond acceptors (Lipinski definition) is 3. The lowest BCUT2D eigenvalue weighted by atomic mass is 9.90. The third-order valence-electron chi connectivity index (χ3n) is 4.17. The van der Waals surface area contributed by atoms with E-state index in [2.05, 4.69) is 0 Å². The summed E-state index contributed by atoms with van der Waals surface area (Å²) in [5.41, 5.74) is -0.394. The van der Waals surface area contributed by atoms with Gasteiger partial charge in [0.15, 0.2) is 0 Å². The van der Waals surface area contributed by atoms with E-state index in [1.165, 1.54) is 0 Å². The van der Waals surface area contributed by atoms with E-state index in [0.29, 0.717) is 26.1 Å². The van der Waals surface area contributed by atoms with Gasteiger partial charge < -0.3 is 14.9 Å². The first-order valence-electron chi connectivity index (χ1n) is 7.55. The van der Waals surface area contributed by atoms with Crippen LogP contribution < -0.4 is 0 Å². The van der Waals surface area contributed by atoms with Gasteiger partial charge in [0, 0.05) is 31.6 Å². The highest BCUT2D eigenvalue weighted by atomic mass is 16.3. The van der Waals surface area contributed by atoms with Gasteiger partial charge in [0.1, 0.15) is 0 Å². The highest BCUT2D eigenvalue weighted by Gasteiger charge is 2.36. The van der Waals surface area contributed by atoms with Gasteiger partial charge in [-0.1, -0.05) is 20.8 Å². The summed E-state index contributed by atoms with van der Waals surface area (Å²) in [5.74, 6) is 0.129. The van der Waals surface area contributed by atoms with E-state index in [1.807, 2.05) is 25.7 Å². The number of aliphatic hydroxyl groups excluding tert-OH is 1. The largest absolute Gasteiger partial charge is 0.391 e. The highest BCUT2D eigenvalue weighted by molar-refractivity contribution is 5.84. The van der Waals surface area contributed by atoms with Crippen LogP contribution in [-0.2, 0) is 9.59 Å². The first kappa shape index (κ1) is 15.3. The molecule has 2 fully saturated rings. The Kier molecular flexibility index (Phi) is 4.37. The third-order valence-corrected chi connectivity index (χ3v) is 4.17. The molecule has 2 rings (SSSR count). The number of carbonyl (C=O) groups excluding carboxylic acids is 2. The molecule has 5 nitrogen and oxygen atoms in total. The molecule has 0 bridgehead atoms. The van der Waals surface area contributed by atoms with Gasteiger partial charge in [-0.3, -0.25) is 9.59 Å². The Balaban J connectivity index is 1.96. The second kappa shape index (κ2) is 5.72. The summed E-state index contributed by atoms with van der Waals surface area (Å²) < 4.78 is 0. The van der Waals surface area contributed by atoms with Crippen molar-refractivity contribution in [1.82, 2.24) is 9.80 Å². The fourth-order valence-corrected chi connectivity index (χ4v) is 3.04. The van der Waals surface area contributed by atoms with Crippen molar-refractivity contribution in [1.29, 1.82) is 0 Å². The average Bonchev–Trinajstić information content (AvgIpc) is 2.82. The second-order valence-electron chi connectivity index (χ2n) is 7.07. The van der Waals surface area contributed by atoms with Crippen molar-refractivity contribution in [3.63, 3.8) is 0 Å². The number of carbonyl (C=O) groups is 2. The number of hydrogen-bond donors (Lipinski definition) is 1. The quantitative estimate of drug-likeness (QED) is 0.776. The van der Waals surface area contributed by atoms with Crippen molar-refractivity contribution in [2.75, 3.05) is 26.2 Å². The van der Waals surface area contributed by atoms with Gasteiger partial charge in [-0.2, -0.15) is 0 Å². The van der Waals surface area contributed by atoms with E-state index in [1.54, 1.807) is 4.90 Å². The van der Waals surface area contributed by atoms with Crippen molar-refractivity contribution in [2.24, 2.45) is 11.3 Å². The zero-order valence-electron chi connectivity index (χ0n) is 12.8. The standard InChI is InChI=1S/C15H26N2O3/c1-15(2,3)14(20)17-7-4-5-11(9-17)13(19)16-8-6-12(18)10-16/h11-12,18H,4-10H2,1-3H3/t11?,12-/m1/s1. The van der Waals surface area contributed by atoms with Crippen LogP contribution in [0.3, 0.4) is 0 Å². The van der Waals surface area contributed by atoms with Gasteiger partial charge in [0.2, 0.25) is 11.8 Å². The molecule has 2 amide bonds. The van der Waals surface area contributed by atoms with Crippen molar-refractivity contribution in [3.05, 3.63) is 0 Å². The van der Waals surface area contributed by atoms with E-state index in [-0.39, 0.29) is 23.8 Å². The van der Waals surface area contributed by atoms with Gasteiger partial charge in [0.05, 0.1) is 12.0 Å². The Bertz CT molecular complexity index is 389. The molecule has 0 aromatic heterocycles. The Labute approximate surface area is 120 Å². The molecule has 0 radical (unpaired) electrons. The summed E-state index contributed by atoms with van der Waals surface area (Å²) in [7, 11) is 0. The maximum Gasteiger partial charge on any atom is 0.227 e. The minimum Gasteiger partial charge on any atom is -0.391 e. The Hall–Kier alpha value is -1.10. The SMILES string of the molecule is CC(C)(C)C(=O)N1CCCC(C(=O)N2CC[C@@H](O)C2)C1. The number of aliphatic hydroxyl groups is 1. The Morgan fingerprint density at radius 1 is 1.05 bits per heavy atom. The summed E-state index contributed by atoms with van der Waals surface area (Å²) in [6.07, 6.45) is 2.02. The lowest BCUT2D eigenvalue weighted by Crippen LogP contribution is -2.49. The third kappa shape index (κ3) is 3.32. The van der Waals surface area contributed by atoms with Crippen LogP contribution in [0.5, 0.6) is 0 Å². The molecule has 0 saturated carbocycles. The fraction of sp³-hybridized carbons (Fsp3) is 0.867.